The van der Waals surface area contributed by atoms with E-state index in [4.69, 9.17) is 4.63 Å². The van der Waals surface area contributed by atoms with Crippen LogP contribution in [0.3, 0.4) is 0 Å². The van der Waals surface area contributed by atoms with Gasteiger partial charge in [0.1, 0.15) is 10.4 Å². The van der Waals surface area contributed by atoms with E-state index in [2.05, 4.69) is 31.9 Å². The third-order valence-corrected chi connectivity index (χ3v) is 7.52. The minimum Gasteiger partial charge on any atom is -0.304 e. The number of likely N-dealkylation sites (N-methyl/N-ethyl adjacent to an activating group) is 1. The number of fused-ring (bicyclic) bond motifs is 1. The van der Waals surface area contributed by atoms with Crippen LogP contribution in [0.4, 0.5) is 0 Å². The molecule has 1 aliphatic carbocycles. The Balaban J connectivity index is 1.56. The van der Waals surface area contributed by atoms with Gasteiger partial charge in [0.05, 0.1) is 0 Å². The fourth-order valence-electron chi connectivity index (χ4n) is 4.40. The molecule has 1 N–H and O–H groups in total. The number of rotatable bonds is 5. The first kappa shape index (κ1) is 18.8. The van der Waals surface area contributed by atoms with E-state index in [-0.39, 0.29) is 16.0 Å². The molecule has 2 heterocycles. The van der Waals surface area contributed by atoms with Gasteiger partial charge < -0.3 is 4.90 Å². The lowest BCUT2D eigenvalue weighted by Crippen LogP contribution is -2.61. The summed E-state index contributed by atoms with van der Waals surface area (Å²) in [6, 6.07) is 4.91. The number of nitrogens with one attached hydrogen (secondary N) is 1. The minimum atomic E-state index is -3.69. The Bertz CT molecular complexity index is 883. The van der Waals surface area contributed by atoms with Crippen LogP contribution in [0.25, 0.3) is 11.0 Å². The molecule has 0 unspecified atom stereocenters. The molecule has 9 heteroatoms. The summed E-state index contributed by atoms with van der Waals surface area (Å²) in [7, 11) is -1.55. The summed E-state index contributed by atoms with van der Waals surface area (Å²) in [4.78, 5) is 4.97. The molecule has 0 atom stereocenters. The Hall–Kier alpha value is -1.55. The summed E-state index contributed by atoms with van der Waals surface area (Å²) in [5.41, 5.74) is 0.634. The zero-order chi connectivity index (χ0) is 18.9. The van der Waals surface area contributed by atoms with Crippen molar-refractivity contribution in [3.63, 3.8) is 0 Å². The first-order chi connectivity index (χ1) is 13.0. The van der Waals surface area contributed by atoms with Gasteiger partial charge in [-0.2, -0.15) is 0 Å². The summed E-state index contributed by atoms with van der Waals surface area (Å²) < 4.78 is 33.6. The zero-order valence-corrected chi connectivity index (χ0v) is 16.5. The van der Waals surface area contributed by atoms with Crippen LogP contribution in [0.1, 0.15) is 32.1 Å². The molecule has 0 bridgehead atoms. The molecule has 27 heavy (non-hydrogen) atoms. The van der Waals surface area contributed by atoms with Gasteiger partial charge in [-0.25, -0.2) is 17.8 Å². The van der Waals surface area contributed by atoms with Crippen molar-refractivity contribution in [2.24, 2.45) is 0 Å². The molecule has 1 saturated heterocycles. The van der Waals surface area contributed by atoms with Crippen LogP contribution < -0.4 is 4.72 Å². The number of nitrogens with zero attached hydrogens (tertiary/aromatic N) is 4. The SMILES string of the molecule is CN1CCN(C2(CNS(=O)(=O)c3cccc4nonc34)CCCCC2)CC1. The number of aromatic nitrogens is 2. The van der Waals surface area contributed by atoms with E-state index in [0.29, 0.717) is 12.1 Å². The topological polar surface area (TPSA) is 91.6 Å². The van der Waals surface area contributed by atoms with Crippen LogP contribution in [0.5, 0.6) is 0 Å². The third-order valence-electron chi connectivity index (χ3n) is 6.09. The fourth-order valence-corrected chi connectivity index (χ4v) is 5.67. The van der Waals surface area contributed by atoms with Crippen molar-refractivity contribution in [1.29, 1.82) is 0 Å². The molecule has 1 aromatic heterocycles. The van der Waals surface area contributed by atoms with E-state index in [1.54, 1.807) is 18.2 Å². The second-order valence-electron chi connectivity index (χ2n) is 7.79. The molecule has 0 amide bonds. The van der Waals surface area contributed by atoms with Gasteiger partial charge in [-0.3, -0.25) is 4.90 Å². The van der Waals surface area contributed by atoms with E-state index < -0.39 is 10.0 Å². The second kappa shape index (κ2) is 7.46. The van der Waals surface area contributed by atoms with Crippen LogP contribution in [-0.4, -0.2) is 73.8 Å². The molecule has 4 rings (SSSR count). The first-order valence-electron chi connectivity index (χ1n) is 9.65. The lowest BCUT2D eigenvalue weighted by Gasteiger charge is -2.49. The summed E-state index contributed by atoms with van der Waals surface area (Å²) in [5, 5.41) is 7.52. The largest absolute Gasteiger partial charge is 0.304 e. The molecule has 2 aliphatic rings. The van der Waals surface area contributed by atoms with E-state index in [0.717, 1.165) is 51.9 Å². The van der Waals surface area contributed by atoms with Gasteiger partial charge in [0.25, 0.3) is 0 Å². The molecule has 1 saturated carbocycles. The Morgan fingerprint density at radius 3 is 2.59 bits per heavy atom. The fraction of sp³-hybridized carbons (Fsp3) is 0.667. The van der Waals surface area contributed by atoms with Gasteiger partial charge in [0, 0.05) is 38.3 Å². The number of piperazine rings is 1. The van der Waals surface area contributed by atoms with E-state index >= 15 is 0 Å². The highest BCUT2D eigenvalue weighted by Gasteiger charge is 2.40. The molecule has 2 aromatic rings. The quantitative estimate of drug-likeness (QED) is 0.822. The van der Waals surface area contributed by atoms with Crippen molar-refractivity contribution in [3.8, 4) is 0 Å². The Kier molecular flexibility index (Phi) is 5.19. The predicted octanol–water partition coefficient (Wildman–Crippen LogP) is 1.45. The molecular weight excluding hydrogens is 366 g/mol. The smallest absolute Gasteiger partial charge is 0.242 e. The molecule has 8 nitrogen and oxygen atoms in total. The summed E-state index contributed by atoms with van der Waals surface area (Å²) in [6.07, 6.45) is 5.60. The van der Waals surface area contributed by atoms with Crippen molar-refractivity contribution >= 4 is 21.1 Å². The molecule has 0 radical (unpaired) electrons. The van der Waals surface area contributed by atoms with E-state index in [9.17, 15) is 8.42 Å². The molecule has 1 aliphatic heterocycles. The maximum atomic E-state index is 13.0. The summed E-state index contributed by atoms with van der Waals surface area (Å²) in [6.45, 7) is 4.46. The van der Waals surface area contributed by atoms with Gasteiger partial charge in [0.2, 0.25) is 10.0 Å². The van der Waals surface area contributed by atoms with E-state index in [1.165, 1.54) is 6.42 Å². The molecule has 2 fully saturated rings. The standard InChI is InChI=1S/C18H27N5O3S/c1-22-10-12-23(13-11-22)18(8-3-2-4-9-18)14-19-27(24,25)16-7-5-6-15-17(16)21-26-20-15/h5-7,19H,2-4,8-14H2,1H3. The number of sulfonamides is 1. The average Bonchev–Trinajstić information content (AvgIpc) is 3.16. The van der Waals surface area contributed by atoms with Gasteiger partial charge >= 0.3 is 0 Å². The number of hydrogen-bond acceptors (Lipinski definition) is 7. The normalized spacial score (nSPS) is 22.3. The zero-order valence-electron chi connectivity index (χ0n) is 15.7. The van der Waals surface area contributed by atoms with Crippen LogP contribution in [0, 0.1) is 0 Å². The third kappa shape index (κ3) is 3.73. The van der Waals surface area contributed by atoms with Crippen LogP contribution in [0.15, 0.2) is 27.7 Å². The lowest BCUT2D eigenvalue weighted by molar-refractivity contribution is 0.0171. The maximum absolute atomic E-state index is 13.0. The number of benzene rings is 1. The Morgan fingerprint density at radius 1 is 1.11 bits per heavy atom. The Morgan fingerprint density at radius 2 is 1.85 bits per heavy atom. The molecule has 1 aromatic carbocycles. The lowest BCUT2D eigenvalue weighted by atomic mass is 9.80. The van der Waals surface area contributed by atoms with Crippen LogP contribution >= 0.6 is 0 Å². The van der Waals surface area contributed by atoms with Crippen molar-refractivity contribution in [2.75, 3.05) is 39.8 Å². The predicted molar refractivity (Wildman–Crippen MR) is 102 cm³/mol. The molecule has 148 valence electrons. The Labute approximate surface area is 159 Å². The van der Waals surface area contributed by atoms with Crippen molar-refractivity contribution in [1.82, 2.24) is 24.8 Å². The average molecular weight is 394 g/mol. The highest BCUT2D eigenvalue weighted by Crippen LogP contribution is 2.34. The molecule has 0 spiro atoms. The van der Waals surface area contributed by atoms with Crippen molar-refractivity contribution in [3.05, 3.63) is 18.2 Å². The minimum absolute atomic E-state index is 0.0947. The number of hydrogen-bond donors (Lipinski definition) is 1. The highest BCUT2D eigenvalue weighted by atomic mass is 32.2. The van der Waals surface area contributed by atoms with Crippen LogP contribution in [-0.2, 0) is 10.0 Å². The van der Waals surface area contributed by atoms with E-state index in [1.807, 2.05) is 0 Å². The van der Waals surface area contributed by atoms with Crippen LogP contribution in [0.2, 0.25) is 0 Å². The summed E-state index contributed by atoms with van der Waals surface area (Å²) in [5.74, 6) is 0. The van der Waals surface area contributed by atoms with Gasteiger partial charge in [-0.1, -0.05) is 25.3 Å². The maximum Gasteiger partial charge on any atom is 0.242 e. The first-order valence-corrected chi connectivity index (χ1v) is 11.1. The van der Waals surface area contributed by atoms with Gasteiger partial charge in [-0.05, 0) is 42.3 Å². The van der Waals surface area contributed by atoms with Crippen molar-refractivity contribution < 1.29 is 13.0 Å². The van der Waals surface area contributed by atoms with Gasteiger partial charge in [-0.15, -0.1) is 0 Å². The van der Waals surface area contributed by atoms with Crippen molar-refractivity contribution in [2.45, 2.75) is 42.5 Å². The molecular formula is C18H27N5O3S. The highest BCUT2D eigenvalue weighted by molar-refractivity contribution is 7.89. The monoisotopic (exact) mass is 393 g/mol. The summed E-state index contributed by atoms with van der Waals surface area (Å²) >= 11 is 0. The second-order valence-corrected chi connectivity index (χ2v) is 9.52. The van der Waals surface area contributed by atoms with Gasteiger partial charge in [0.15, 0.2) is 5.52 Å².